The Morgan fingerprint density at radius 3 is 2.63 bits per heavy atom. The fourth-order valence-corrected chi connectivity index (χ4v) is 1.86. The Morgan fingerprint density at radius 1 is 0.947 bits per heavy atom. The van der Waals surface area contributed by atoms with Crippen molar-refractivity contribution in [3.8, 4) is 11.6 Å². The summed E-state index contributed by atoms with van der Waals surface area (Å²) in [5, 5.41) is 0.972. The molecule has 0 saturated heterocycles. The van der Waals surface area contributed by atoms with Gasteiger partial charge in [-0.15, -0.1) is 0 Å². The van der Waals surface area contributed by atoms with Gasteiger partial charge in [0, 0.05) is 17.1 Å². The second-order valence-corrected chi connectivity index (χ2v) is 4.18. The number of benzene rings is 1. The molecule has 4 heteroatoms. The third-order valence-corrected chi connectivity index (χ3v) is 2.73. The summed E-state index contributed by atoms with van der Waals surface area (Å²) < 4.78 is 18.7. The predicted molar refractivity (Wildman–Crippen MR) is 70.7 cm³/mol. The Bertz CT molecular complexity index is 743. The number of halogens is 1. The van der Waals surface area contributed by atoms with Crippen LogP contribution >= 0.6 is 0 Å². The van der Waals surface area contributed by atoms with Crippen LogP contribution in [0.1, 0.15) is 5.69 Å². The third kappa shape index (κ3) is 2.38. The van der Waals surface area contributed by atoms with Crippen molar-refractivity contribution in [2.45, 2.75) is 6.92 Å². The lowest BCUT2D eigenvalue weighted by molar-refractivity contribution is 0.449. The molecule has 94 valence electrons. The van der Waals surface area contributed by atoms with Gasteiger partial charge in [-0.05, 0) is 25.1 Å². The first-order chi connectivity index (χ1) is 9.22. The lowest BCUT2D eigenvalue weighted by atomic mass is 10.2. The Morgan fingerprint density at radius 2 is 1.79 bits per heavy atom. The molecule has 0 aliphatic carbocycles. The first-order valence-corrected chi connectivity index (χ1v) is 5.89. The molecule has 0 spiro atoms. The molecule has 3 rings (SSSR count). The van der Waals surface area contributed by atoms with Gasteiger partial charge in [-0.3, -0.25) is 0 Å². The zero-order valence-electron chi connectivity index (χ0n) is 10.3. The van der Waals surface area contributed by atoms with Crippen LogP contribution in [-0.4, -0.2) is 9.97 Å². The van der Waals surface area contributed by atoms with Crippen LogP contribution < -0.4 is 4.74 Å². The van der Waals surface area contributed by atoms with E-state index in [2.05, 4.69) is 9.97 Å². The summed E-state index contributed by atoms with van der Waals surface area (Å²) in [7, 11) is 0. The van der Waals surface area contributed by atoms with Crippen molar-refractivity contribution in [3.63, 3.8) is 0 Å². The molecule has 2 aromatic heterocycles. The predicted octanol–water partition coefficient (Wildman–Crippen LogP) is 3.87. The number of fused-ring (bicyclic) bond motifs is 1. The fourth-order valence-electron chi connectivity index (χ4n) is 1.86. The Labute approximate surface area is 109 Å². The number of hydrogen-bond acceptors (Lipinski definition) is 3. The Hall–Kier alpha value is -2.49. The molecule has 0 N–H and O–H groups in total. The Balaban J connectivity index is 2.07. The van der Waals surface area contributed by atoms with Gasteiger partial charge in [0.25, 0.3) is 0 Å². The minimum atomic E-state index is -0.568. The fraction of sp³-hybridized carbons (Fsp3) is 0.0667. The van der Waals surface area contributed by atoms with Gasteiger partial charge in [-0.1, -0.05) is 24.3 Å². The highest BCUT2D eigenvalue weighted by Gasteiger charge is 2.06. The van der Waals surface area contributed by atoms with Crippen LogP contribution in [0.3, 0.4) is 0 Å². The summed E-state index contributed by atoms with van der Waals surface area (Å²) in [6.07, 6.45) is 0. The zero-order chi connectivity index (χ0) is 13.2. The summed E-state index contributed by atoms with van der Waals surface area (Å²) >= 11 is 0. The normalized spacial score (nSPS) is 10.6. The van der Waals surface area contributed by atoms with E-state index in [-0.39, 0.29) is 5.88 Å². The maximum absolute atomic E-state index is 13.0. The molecule has 1 aromatic carbocycles. The quantitative estimate of drug-likeness (QED) is 0.651. The number of aromatic nitrogens is 2. The SMILES string of the molecule is Cc1ccc2cccc(Oc3cccc(F)n3)c2n1. The molecule has 2 heterocycles. The van der Waals surface area contributed by atoms with Crippen molar-refractivity contribution < 1.29 is 9.13 Å². The highest BCUT2D eigenvalue weighted by atomic mass is 19.1. The number of hydrogen-bond donors (Lipinski definition) is 0. The molecule has 0 aliphatic heterocycles. The van der Waals surface area contributed by atoms with E-state index in [9.17, 15) is 4.39 Å². The average Bonchev–Trinajstić information content (AvgIpc) is 2.39. The maximum atomic E-state index is 13.0. The van der Waals surface area contributed by atoms with Crippen LogP contribution in [0.25, 0.3) is 10.9 Å². The molecular formula is C15H11FN2O. The summed E-state index contributed by atoms with van der Waals surface area (Å²) in [5.41, 5.74) is 1.64. The summed E-state index contributed by atoms with van der Waals surface area (Å²) in [5.74, 6) is 0.219. The number of aryl methyl sites for hydroxylation is 1. The second-order valence-electron chi connectivity index (χ2n) is 4.18. The summed E-state index contributed by atoms with van der Waals surface area (Å²) in [4.78, 5) is 8.13. The molecule has 0 radical (unpaired) electrons. The lowest BCUT2D eigenvalue weighted by Crippen LogP contribution is -1.92. The average molecular weight is 254 g/mol. The number of para-hydroxylation sites is 1. The first-order valence-electron chi connectivity index (χ1n) is 5.89. The molecule has 0 atom stereocenters. The molecule has 3 nitrogen and oxygen atoms in total. The van der Waals surface area contributed by atoms with Crippen LogP contribution in [0.4, 0.5) is 4.39 Å². The minimum absolute atomic E-state index is 0.218. The molecule has 0 aliphatic rings. The van der Waals surface area contributed by atoms with Crippen molar-refractivity contribution >= 4 is 10.9 Å². The van der Waals surface area contributed by atoms with Crippen molar-refractivity contribution in [1.82, 2.24) is 9.97 Å². The number of ether oxygens (including phenoxy) is 1. The third-order valence-electron chi connectivity index (χ3n) is 2.73. The smallest absolute Gasteiger partial charge is 0.221 e. The Kier molecular flexibility index (Phi) is 2.83. The standard InChI is InChI=1S/C15H11FN2O/c1-10-8-9-11-4-2-5-12(15(11)17-10)19-14-7-3-6-13(16)18-14/h2-9H,1H3. The second kappa shape index (κ2) is 4.65. The molecule has 0 unspecified atom stereocenters. The summed E-state index contributed by atoms with van der Waals surface area (Å²) in [6.45, 7) is 1.91. The number of rotatable bonds is 2. The van der Waals surface area contributed by atoms with E-state index in [0.717, 1.165) is 16.6 Å². The van der Waals surface area contributed by atoms with Crippen molar-refractivity contribution in [2.75, 3.05) is 0 Å². The molecular weight excluding hydrogens is 243 g/mol. The summed E-state index contributed by atoms with van der Waals surface area (Å²) in [6, 6.07) is 14.0. The number of pyridine rings is 2. The monoisotopic (exact) mass is 254 g/mol. The van der Waals surface area contributed by atoms with Gasteiger partial charge in [0.05, 0.1) is 0 Å². The van der Waals surface area contributed by atoms with Gasteiger partial charge in [0.2, 0.25) is 11.8 Å². The van der Waals surface area contributed by atoms with Crippen molar-refractivity contribution in [1.29, 1.82) is 0 Å². The van der Waals surface area contributed by atoms with Crippen molar-refractivity contribution in [3.05, 3.63) is 60.2 Å². The van der Waals surface area contributed by atoms with E-state index < -0.39 is 5.95 Å². The molecule has 3 aromatic rings. The van der Waals surface area contributed by atoms with Gasteiger partial charge in [-0.2, -0.15) is 9.37 Å². The minimum Gasteiger partial charge on any atom is -0.437 e. The molecule has 19 heavy (non-hydrogen) atoms. The van der Waals surface area contributed by atoms with Gasteiger partial charge in [-0.25, -0.2) is 4.98 Å². The molecule has 0 amide bonds. The largest absolute Gasteiger partial charge is 0.437 e. The van der Waals surface area contributed by atoms with E-state index in [1.807, 2.05) is 31.2 Å². The van der Waals surface area contributed by atoms with Gasteiger partial charge in [0.15, 0.2) is 5.75 Å². The first kappa shape index (κ1) is 11.6. The van der Waals surface area contributed by atoms with E-state index in [4.69, 9.17) is 4.74 Å². The molecule has 0 fully saturated rings. The van der Waals surface area contributed by atoms with Crippen LogP contribution in [0, 0.1) is 12.9 Å². The van der Waals surface area contributed by atoms with Crippen LogP contribution in [0.5, 0.6) is 11.6 Å². The van der Waals surface area contributed by atoms with Gasteiger partial charge in [0.1, 0.15) is 5.52 Å². The van der Waals surface area contributed by atoms with E-state index >= 15 is 0 Å². The van der Waals surface area contributed by atoms with E-state index in [0.29, 0.717) is 5.75 Å². The van der Waals surface area contributed by atoms with Crippen molar-refractivity contribution in [2.24, 2.45) is 0 Å². The van der Waals surface area contributed by atoms with E-state index in [1.54, 1.807) is 18.2 Å². The van der Waals surface area contributed by atoms with Gasteiger partial charge >= 0.3 is 0 Å². The van der Waals surface area contributed by atoms with Crippen LogP contribution in [-0.2, 0) is 0 Å². The maximum Gasteiger partial charge on any atom is 0.221 e. The van der Waals surface area contributed by atoms with Crippen LogP contribution in [0.15, 0.2) is 48.5 Å². The number of nitrogens with zero attached hydrogens (tertiary/aromatic N) is 2. The topological polar surface area (TPSA) is 35.0 Å². The molecule has 0 saturated carbocycles. The highest BCUT2D eigenvalue weighted by Crippen LogP contribution is 2.27. The highest BCUT2D eigenvalue weighted by molar-refractivity contribution is 5.84. The molecule has 0 bridgehead atoms. The lowest BCUT2D eigenvalue weighted by Gasteiger charge is -2.07. The van der Waals surface area contributed by atoms with E-state index in [1.165, 1.54) is 6.07 Å². The zero-order valence-corrected chi connectivity index (χ0v) is 10.3. The van der Waals surface area contributed by atoms with Gasteiger partial charge < -0.3 is 4.74 Å². The van der Waals surface area contributed by atoms with Crippen LogP contribution in [0.2, 0.25) is 0 Å².